The quantitative estimate of drug-likeness (QED) is 0.284. The second-order valence-corrected chi connectivity index (χ2v) is 7.12. The molecular formula is C25H21N3O6. The van der Waals surface area contributed by atoms with Crippen LogP contribution in [0.1, 0.15) is 21.5 Å². The van der Waals surface area contributed by atoms with E-state index in [2.05, 4.69) is 15.8 Å². The highest BCUT2D eigenvalue weighted by Crippen LogP contribution is 2.33. The summed E-state index contributed by atoms with van der Waals surface area (Å²) < 4.78 is 15.7. The monoisotopic (exact) mass is 459 g/mol. The van der Waals surface area contributed by atoms with Crippen LogP contribution in [0.4, 0.5) is 0 Å². The lowest BCUT2D eigenvalue weighted by molar-refractivity contribution is -0.117. The third kappa shape index (κ3) is 5.33. The van der Waals surface area contributed by atoms with Gasteiger partial charge in [0.2, 0.25) is 6.79 Å². The standard InChI is InChI=1S/C25H21N3O6/c1-32-21-9-8-17(12-20(21)29)14-26-28-25(31)19(27-24(30)18-5-3-2-4-6-18)11-16-7-10-22-23(13-16)34-15-33-22/h2-14,29H,15H2,1H3,(H,27,30)(H,28,31)/b19-11+,26-14-. The number of phenols is 1. The Bertz CT molecular complexity index is 1270. The Kier molecular flexibility index (Phi) is 6.73. The zero-order valence-corrected chi connectivity index (χ0v) is 18.1. The van der Waals surface area contributed by atoms with Crippen molar-refractivity contribution < 1.29 is 28.9 Å². The van der Waals surface area contributed by atoms with Gasteiger partial charge in [-0.3, -0.25) is 9.59 Å². The highest BCUT2D eigenvalue weighted by atomic mass is 16.7. The van der Waals surface area contributed by atoms with Crippen LogP contribution >= 0.6 is 0 Å². The van der Waals surface area contributed by atoms with Gasteiger partial charge in [-0.15, -0.1) is 0 Å². The molecule has 1 aliphatic rings. The van der Waals surface area contributed by atoms with Crippen molar-refractivity contribution in [3.63, 3.8) is 0 Å². The van der Waals surface area contributed by atoms with E-state index in [1.165, 1.54) is 25.5 Å². The molecule has 172 valence electrons. The minimum Gasteiger partial charge on any atom is -0.504 e. The van der Waals surface area contributed by atoms with Gasteiger partial charge >= 0.3 is 0 Å². The van der Waals surface area contributed by atoms with E-state index in [-0.39, 0.29) is 18.2 Å². The first-order valence-electron chi connectivity index (χ1n) is 10.2. The highest BCUT2D eigenvalue weighted by molar-refractivity contribution is 6.05. The van der Waals surface area contributed by atoms with Gasteiger partial charge in [-0.05, 0) is 59.7 Å². The van der Waals surface area contributed by atoms with Gasteiger partial charge in [-0.1, -0.05) is 24.3 Å². The van der Waals surface area contributed by atoms with Gasteiger partial charge in [0.05, 0.1) is 13.3 Å². The Hall–Kier alpha value is -4.79. The number of methoxy groups -OCH3 is 1. The summed E-state index contributed by atoms with van der Waals surface area (Å²) in [4.78, 5) is 25.5. The Morgan fingerprint density at radius 2 is 1.76 bits per heavy atom. The van der Waals surface area contributed by atoms with E-state index in [0.29, 0.717) is 33.9 Å². The van der Waals surface area contributed by atoms with Gasteiger partial charge in [-0.25, -0.2) is 5.43 Å². The molecule has 0 spiro atoms. The number of carbonyl (C=O) groups is 2. The number of phenolic OH excluding ortho intramolecular Hbond substituents is 1. The lowest BCUT2D eigenvalue weighted by Crippen LogP contribution is -2.32. The number of amides is 2. The molecule has 0 aromatic heterocycles. The molecule has 0 bridgehead atoms. The van der Waals surface area contributed by atoms with Crippen LogP contribution in [0.5, 0.6) is 23.0 Å². The molecule has 2 amide bonds. The fourth-order valence-corrected chi connectivity index (χ4v) is 3.12. The summed E-state index contributed by atoms with van der Waals surface area (Å²) in [7, 11) is 1.45. The highest BCUT2D eigenvalue weighted by Gasteiger charge is 2.17. The van der Waals surface area contributed by atoms with Crippen LogP contribution in [0.15, 0.2) is 77.5 Å². The molecule has 4 rings (SSSR count). The predicted molar refractivity (Wildman–Crippen MR) is 125 cm³/mol. The fourth-order valence-electron chi connectivity index (χ4n) is 3.12. The second-order valence-electron chi connectivity index (χ2n) is 7.12. The zero-order valence-electron chi connectivity index (χ0n) is 18.1. The summed E-state index contributed by atoms with van der Waals surface area (Å²) in [6, 6.07) is 18.4. The fraction of sp³-hybridized carbons (Fsp3) is 0.0800. The van der Waals surface area contributed by atoms with Gasteiger partial charge in [0.15, 0.2) is 23.0 Å². The maximum Gasteiger partial charge on any atom is 0.287 e. The van der Waals surface area contributed by atoms with E-state index in [1.54, 1.807) is 60.7 Å². The van der Waals surface area contributed by atoms with Crippen LogP contribution in [0.25, 0.3) is 6.08 Å². The summed E-state index contributed by atoms with van der Waals surface area (Å²) in [5.74, 6) is 0.307. The van der Waals surface area contributed by atoms with Crippen molar-refractivity contribution in [1.29, 1.82) is 0 Å². The molecule has 0 saturated carbocycles. The molecule has 0 fully saturated rings. The van der Waals surface area contributed by atoms with Crippen molar-refractivity contribution in [2.24, 2.45) is 5.10 Å². The number of hydrogen-bond donors (Lipinski definition) is 3. The normalized spacial score (nSPS) is 12.4. The minimum absolute atomic E-state index is 0.0255. The molecule has 1 heterocycles. The molecule has 9 heteroatoms. The maximum absolute atomic E-state index is 12.9. The van der Waals surface area contributed by atoms with Crippen molar-refractivity contribution in [3.05, 3.63) is 89.1 Å². The van der Waals surface area contributed by atoms with Crippen molar-refractivity contribution >= 4 is 24.1 Å². The Morgan fingerprint density at radius 3 is 2.53 bits per heavy atom. The SMILES string of the molecule is COc1ccc(/C=N\NC(=O)/C(=C\c2ccc3c(c2)OCO3)NC(=O)c2ccccc2)cc1O. The van der Waals surface area contributed by atoms with Crippen LogP contribution in [0, 0.1) is 0 Å². The molecule has 3 N–H and O–H groups in total. The summed E-state index contributed by atoms with van der Waals surface area (Å²) >= 11 is 0. The molecule has 34 heavy (non-hydrogen) atoms. The first-order chi connectivity index (χ1) is 16.5. The molecule has 3 aromatic rings. The molecular weight excluding hydrogens is 438 g/mol. The summed E-state index contributed by atoms with van der Waals surface area (Å²) in [5, 5.41) is 16.4. The van der Waals surface area contributed by atoms with E-state index < -0.39 is 11.8 Å². The lowest BCUT2D eigenvalue weighted by atomic mass is 10.1. The van der Waals surface area contributed by atoms with Crippen LogP contribution in [0.2, 0.25) is 0 Å². The van der Waals surface area contributed by atoms with E-state index in [4.69, 9.17) is 14.2 Å². The number of benzene rings is 3. The molecule has 0 atom stereocenters. The Morgan fingerprint density at radius 1 is 1.00 bits per heavy atom. The summed E-state index contributed by atoms with van der Waals surface area (Å²) in [6.45, 7) is 0.121. The molecule has 0 saturated heterocycles. The smallest absolute Gasteiger partial charge is 0.287 e. The number of nitrogens with one attached hydrogen (secondary N) is 2. The van der Waals surface area contributed by atoms with E-state index in [9.17, 15) is 14.7 Å². The number of fused-ring (bicyclic) bond motifs is 1. The average molecular weight is 459 g/mol. The predicted octanol–water partition coefficient (Wildman–Crippen LogP) is 3.05. The number of hydrazone groups is 1. The molecule has 3 aromatic carbocycles. The number of carbonyl (C=O) groups excluding carboxylic acids is 2. The summed E-state index contributed by atoms with van der Waals surface area (Å²) in [6.07, 6.45) is 2.86. The van der Waals surface area contributed by atoms with E-state index in [1.807, 2.05) is 0 Å². The van der Waals surface area contributed by atoms with Gasteiger partial charge in [0.1, 0.15) is 5.70 Å². The first kappa shape index (κ1) is 22.4. The molecule has 0 unspecified atom stereocenters. The third-order valence-corrected chi connectivity index (χ3v) is 4.82. The van der Waals surface area contributed by atoms with Crippen LogP contribution in [-0.2, 0) is 4.79 Å². The van der Waals surface area contributed by atoms with Gasteiger partial charge in [0, 0.05) is 5.56 Å². The van der Waals surface area contributed by atoms with E-state index >= 15 is 0 Å². The van der Waals surface area contributed by atoms with Gasteiger partial charge in [-0.2, -0.15) is 5.10 Å². The zero-order chi connectivity index (χ0) is 23.9. The number of ether oxygens (including phenoxy) is 3. The van der Waals surface area contributed by atoms with Crippen LogP contribution in [0.3, 0.4) is 0 Å². The van der Waals surface area contributed by atoms with Crippen molar-refractivity contribution in [1.82, 2.24) is 10.7 Å². The number of aromatic hydroxyl groups is 1. The topological polar surface area (TPSA) is 118 Å². The van der Waals surface area contributed by atoms with E-state index in [0.717, 1.165) is 0 Å². The van der Waals surface area contributed by atoms with Crippen molar-refractivity contribution in [3.8, 4) is 23.0 Å². The third-order valence-electron chi connectivity index (χ3n) is 4.82. The second kappa shape index (κ2) is 10.2. The molecule has 1 aliphatic heterocycles. The number of nitrogens with zero attached hydrogens (tertiary/aromatic N) is 1. The van der Waals surface area contributed by atoms with Crippen LogP contribution < -0.4 is 25.0 Å². The molecule has 9 nitrogen and oxygen atoms in total. The average Bonchev–Trinajstić information content (AvgIpc) is 3.32. The largest absolute Gasteiger partial charge is 0.504 e. The Labute approximate surface area is 195 Å². The Balaban J connectivity index is 1.54. The molecule has 0 aliphatic carbocycles. The lowest BCUT2D eigenvalue weighted by Gasteiger charge is -2.09. The minimum atomic E-state index is -0.643. The molecule has 0 radical (unpaired) electrons. The van der Waals surface area contributed by atoms with Crippen molar-refractivity contribution in [2.45, 2.75) is 0 Å². The number of rotatable bonds is 7. The number of hydrogen-bond acceptors (Lipinski definition) is 7. The first-order valence-corrected chi connectivity index (χ1v) is 10.2. The summed E-state index contributed by atoms with van der Waals surface area (Å²) in [5.41, 5.74) is 3.91. The van der Waals surface area contributed by atoms with Crippen molar-refractivity contribution in [2.75, 3.05) is 13.9 Å². The maximum atomic E-state index is 12.9. The van der Waals surface area contributed by atoms with Gasteiger partial charge in [0.25, 0.3) is 11.8 Å². The van der Waals surface area contributed by atoms with Crippen LogP contribution in [-0.4, -0.2) is 37.0 Å². The van der Waals surface area contributed by atoms with Gasteiger partial charge < -0.3 is 24.6 Å².